The minimum atomic E-state index is 0.613. The van der Waals surface area contributed by atoms with Crippen LogP contribution in [0.15, 0.2) is 30.3 Å². The lowest BCUT2D eigenvalue weighted by molar-refractivity contribution is 0.967. The van der Waals surface area contributed by atoms with Crippen LogP contribution in [0, 0.1) is 0 Å². The van der Waals surface area contributed by atoms with E-state index in [1.54, 1.807) is 0 Å². The van der Waals surface area contributed by atoms with Crippen LogP contribution in [0.25, 0.3) is 11.3 Å². The predicted molar refractivity (Wildman–Crippen MR) is 61.0 cm³/mol. The number of nitrogens with one attached hydrogen (secondary N) is 1. The molecule has 0 radical (unpaired) electrons. The van der Waals surface area contributed by atoms with Crippen molar-refractivity contribution in [3.8, 4) is 11.3 Å². The van der Waals surface area contributed by atoms with Crippen LogP contribution < -0.4 is 0 Å². The standard InChI is InChI=1S/C12H11ClN2/c13-10-11(8-4-2-1-3-5-8)14-15-12(10)9-6-7-9/h1-5,9H,6-7H2,(H,14,15). The molecule has 0 spiro atoms. The molecule has 2 aromatic rings. The van der Waals surface area contributed by atoms with Gasteiger partial charge in [-0.1, -0.05) is 41.9 Å². The van der Waals surface area contributed by atoms with Crippen LogP contribution >= 0.6 is 11.6 Å². The minimum Gasteiger partial charge on any atom is -0.280 e. The summed E-state index contributed by atoms with van der Waals surface area (Å²) in [5.41, 5.74) is 3.06. The van der Waals surface area contributed by atoms with Crippen molar-refractivity contribution in [1.82, 2.24) is 10.2 Å². The highest BCUT2D eigenvalue weighted by Crippen LogP contribution is 2.44. The van der Waals surface area contributed by atoms with Gasteiger partial charge >= 0.3 is 0 Å². The van der Waals surface area contributed by atoms with Gasteiger partial charge in [-0.05, 0) is 12.8 Å². The van der Waals surface area contributed by atoms with Gasteiger partial charge in [0.2, 0.25) is 0 Å². The predicted octanol–water partition coefficient (Wildman–Crippen LogP) is 3.61. The van der Waals surface area contributed by atoms with Crippen molar-refractivity contribution in [2.24, 2.45) is 0 Å². The van der Waals surface area contributed by atoms with Gasteiger partial charge in [0, 0.05) is 11.5 Å². The molecule has 0 saturated heterocycles. The molecule has 3 rings (SSSR count). The summed E-state index contributed by atoms with van der Waals surface area (Å²) >= 11 is 6.30. The van der Waals surface area contributed by atoms with Crippen molar-refractivity contribution in [3.05, 3.63) is 41.0 Å². The molecule has 1 aliphatic carbocycles. The molecule has 2 nitrogen and oxygen atoms in total. The van der Waals surface area contributed by atoms with Crippen molar-refractivity contribution in [2.75, 3.05) is 0 Å². The van der Waals surface area contributed by atoms with Gasteiger partial charge in [-0.15, -0.1) is 0 Å². The van der Waals surface area contributed by atoms with E-state index in [4.69, 9.17) is 11.6 Å². The maximum absolute atomic E-state index is 6.30. The second kappa shape index (κ2) is 3.38. The Morgan fingerprint density at radius 1 is 1.20 bits per heavy atom. The van der Waals surface area contributed by atoms with E-state index in [2.05, 4.69) is 10.2 Å². The number of aromatic amines is 1. The molecule has 1 aromatic carbocycles. The second-order valence-corrected chi connectivity index (χ2v) is 4.32. The maximum Gasteiger partial charge on any atom is 0.111 e. The fourth-order valence-electron chi connectivity index (χ4n) is 1.77. The van der Waals surface area contributed by atoms with Crippen LogP contribution in [0.2, 0.25) is 5.02 Å². The zero-order valence-corrected chi connectivity index (χ0v) is 8.96. The highest BCUT2D eigenvalue weighted by molar-refractivity contribution is 6.33. The number of nitrogens with zero attached hydrogens (tertiary/aromatic N) is 1. The van der Waals surface area contributed by atoms with Gasteiger partial charge in [-0.2, -0.15) is 5.10 Å². The van der Waals surface area contributed by atoms with E-state index in [9.17, 15) is 0 Å². The molecule has 1 heterocycles. The number of hydrogen-bond acceptors (Lipinski definition) is 1. The highest BCUT2D eigenvalue weighted by atomic mass is 35.5. The van der Waals surface area contributed by atoms with E-state index in [1.165, 1.54) is 12.8 Å². The monoisotopic (exact) mass is 218 g/mol. The first-order chi connectivity index (χ1) is 7.36. The first kappa shape index (κ1) is 8.98. The molecule has 1 saturated carbocycles. The lowest BCUT2D eigenvalue weighted by Crippen LogP contribution is -1.78. The van der Waals surface area contributed by atoms with E-state index in [0.717, 1.165) is 22.0 Å². The van der Waals surface area contributed by atoms with Crippen LogP contribution in [0.5, 0.6) is 0 Å². The zero-order chi connectivity index (χ0) is 10.3. The van der Waals surface area contributed by atoms with E-state index in [0.29, 0.717) is 5.92 Å². The minimum absolute atomic E-state index is 0.613. The molecule has 1 N–H and O–H groups in total. The van der Waals surface area contributed by atoms with Crippen molar-refractivity contribution in [3.63, 3.8) is 0 Å². The second-order valence-electron chi connectivity index (χ2n) is 3.94. The van der Waals surface area contributed by atoms with E-state index >= 15 is 0 Å². The normalized spacial score (nSPS) is 15.5. The Morgan fingerprint density at radius 2 is 1.93 bits per heavy atom. The third-order valence-electron chi connectivity index (χ3n) is 2.77. The van der Waals surface area contributed by atoms with E-state index < -0.39 is 0 Å². The smallest absolute Gasteiger partial charge is 0.111 e. The Kier molecular flexibility index (Phi) is 2.03. The fraction of sp³-hybridized carbons (Fsp3) is 0.250. The van der Waals surface area contributed by atoms with Gasteiger partial charge in [-0.25, -0.2) is 0 Å². The molecular formula is C12H11ClN2. The molecule has 76 valence electrons. The van der Waals surface area contributed by atoms with Crippen molar-refractivity contribution < 1.29 is 0 Å². The number of benzene rings is 1. The Labute approximate surface area is 93.3 Å². The largest absolute Gasteiger partial charge is 0.280 e. The fourth-order valence-corrected chi connectivity index (χ4v) is 2.12. The third kappa shape index (κ3) is 1.55. The van der Waals surface area contributed by atoms with Crippen molar-refractivity contribution >= 4 is 11.6 Å². The van der Waals surface area contributed by atoms with Gasteiger partial charge < -0.3 is 0 Å². The van der Waals surface area contributed by atoms with Crippen molar-refractivity contribution in [1.29, 1.82) is 0 Å². The molecule has 0 aliphatic heterocycles. The van der Waals surface area contributed by atoms with Gasteiger partial charge in [0.1, 0.15) is 5.69 Å². The lowest BCUT2D eigenvalue weighted by Gasteiger charge is -1.96. The third-order valence-corrected chi connectivity index (χ3v) is 3.15. The molecular weight excluding hydrogens is 208 g/mol. The van der Waals surface area contributed by atoms with E-state index in [1.807, 2.05) is 30.3 Å². The summed E-state index contributed by atoms with van der Waals surface area (Å²) in [6, 6.07) is 10.0. The van der Waals surface area contributed by atoms with E-state index in [-0.39, 0.29) is 0 Å². The summed E-state index contributed by atoms with van der Waals surface area (Å²) in [7, 11) is 0. The molecule has 0 unspecified atom stereocenters. The van der Waals surface area contributed by atoms with Crippen LogP contribution in [-0.4, -0.2) is 10.2 Å². The average molecular weight is 219 g/mol. The van der Waals surface area contributed by atoms with Gasteiger partial charge in [0.15, 0.2) is 0 Å². The number of aromatic nitrogens is 2. The summed E-state index contributed by atoms with van der Waals surface area (Å²) in [5, 5.41) is 8.14. The summed E-state index contributed by atoms with van der Waals surface area (Å²) < 4.78 is 0. The number of rotatable bonds is 2. The zero-order valence-electron chi connectivity index (χ0n) is 8.20. The summed E-state index contributed by atoms with van der Waals surface area (Å²) in [6.45, 7) is 0. The molecule has 1 fully saturated rings. The topological polar surface area (TPSA) is 28.7 Å². The molecule has 1 aliphatic rings. The summed E-state index contributed by atoms with van der Waals surface area (Å²) in [6.07, 6.45) is 2.46. The average Bonchev–Trinajstić information content (AvgIpc) is 3.04. The Bertz CT molecular complexity index is 472. The number of hydrogen-bond donors (Lipinski definition) is 1. The van der Waals surface area contributed by atoms with Crippen LogP contribution in [0.1, 0.15) is 24.5 Å². The first-order valence-corrected chi connectivity index (χ1v) is 5.53. The number of halogens is 1. The molecule has 1 aromatic heterocycles. The lowest BCUT2D eigenvalue weighted by atomic mass is 10.1. The Hall–Kier alpha value is -1.28. The van der Waals surface area contributed by atoms with Gasteiger partial charge in [0.25, 0.3) is 0 Å². The SMILES string of the molecule is Clc1c(-c2ccccc2)n[nH]c1C1CC1. The summed E-state index contributed by atoms with van der Waals surface area (Å²) in [5.74, 6) is 0.613. The first-order valence-electron chi connectivity index (χ1n) is 5.15. The Balaban J connectivity index is 2.05. The Morgan fingerprint density at radius 3 is 2.60 bits per heavy atom. The summed E-state index contributed by atoms with van der Waals surface area (Å²) in [4.78, 5) is 0. The molecule has 0 amide bonds. The molecule has 15 heavy (non-hydrogen) atoms. The number of H-pyrrole nitrogens is 1. The van der Waals surface area contributed by atoms with Crippen LogP contribution in [0.4, 0.5) is 0 Å². The molecule has 3 heteroatoms. The van der Waals surface area contributed by atoms with Crippen molar-refractivity contribution in [2.45, 2.75) is 18.8 Å². The van der Waals surface area contributed by atoms with Gasteiger partial charge in [0.05, 0.1) is 10.7 Å². The highest BCUT2D eigenvalue weighted by Gasteiger charge is 2.29. The van der Waals surface area contributed by atoms with Crippen LogP contribution in [-0.2, 0) is 0 Å². The molecule has 0 bridgehead atoms. The molecule has 0 atom stereocenters. The van der Waals surface area contributed by atoms with Gasteiger partial charge in [-0.3, -0.25) is 5.10 Å². The quantitative estimate of drug-likeness (QED) is 0.820. The van der Waals surface area contributed by atoms with Crippen LogP contribution in [0.3, 0.4) is 0 Å². The maximum atomic E-state index is 6.30.